The number of rotatable bonds is 5. The molecule has 0 saturated carbocycles. The number of hydrogen-bond donors (Lipinski definition) is 3. The standard InChI is InChI=1S/C22H28N2O3/c1-22(2,26)20(21(25)23-27)24-14-12-19(13-15-24)18-10-8-17(9-11-18)16-6-4-3-5-7-16/h3-11,19-20,26-27H,12-15H2,1-2H3,(H,23,25). The first-order chi connectivity index (χ1) is 12.9. The number of carbonyl (C=O) groups excluding carboxylic acids is 1. The van der Waals surface area contributed by atoms with Crippen molar-refractivity contribution in [2.75, 3.05) is 13.1 Å². The topological polar surface area (TPSA) is 72.8 Å². The van der Waals surface area contributed by atoms with Gasteiger partial charge in [0.05, 0.1) is 5.60 Å². The molecule has 27 heavy (non-hydrogen) atoms. The van der Waals surface area contributed by atoms with E-state index in [-0.39, 0.29) is 0 Å². The third kappa shape index (κ3) is 4.56. The van der Waals surface area contributed by atoms with E-state index in [0.29, 0.717) is 19.0 Å². The number of hydroxylamine groups is 1. The minimum atomic E-state index is -1.23. The predicted molar refractivity (Wildman–Crippen MR) is 105 cm³/mol. The Kier molecular flexibility index (Phi) is 5.95. The van der Waals surface area contributed by atoms with E-state index < -0.39 is 17.6 Å². The average Bonchev–Trinajstić information content (AvgIpc) is 2.68. The van der Waals surface area contributed by atoms with Gasteiger partial charge in [-0.15, -0.1) is 0 Å². The lowest BCUT2D eigenvalue weighted by molar-refractivity contribution is -0.145. The number of likely N-dealkylation sites (tertiary alicyclic amines) is 1. The molecule has 5 nitrogen and oxygen atoms in total. The molecule has 144 valence electrons. The van der Waals surface area contributed by atoms with Crippen molar-refractivity contribution in [3.05, 3.63) is 60.2 Å². The van der Waals surface area contributed by atoms with Gasteiger partial charge in [0.2, 0.25) is 0 Å². The van der Waals surface area contributed by atoms with Crippen molar-refractivity contribution in [2.45, 2.75) is 44.2 Å². The zero-order valence-corrected chi connectivity index (χ0v) is 15.9. The van der Waals surface area contributed by atoms with Gasteiger partial charge in [-0.2, -0.15) is 0 Å². The van der Waals surface area contributed by atoms with Crippen molar-refractivity contribution in [1.29, 1.82) is 0 Å². The van der Waals surface area contributed by atoms with Crippen molar-refractivity contribution in [1.82, 2.24) is 10.4 Å². The number of benzene rings is 2. The molecule has 0 bridgehead atoms. The molecule has 5 heteroatoms. The SMILES string of the molecule is CC(C)(O)C(C(=O)NO)N1CCC(c2ccc(-c3ccccc3)cc2)CC1. The molecular weight excluding hydrogens is 340 g/mol. The van der Waals surface area contributed by atoms with Gasteiger partial charge in [-0.3, -0.25) is 14.9 Å². The first-order valence-corrected chi connectivity index (χ1v) is 9.46. The van der Waals surface area contributed by atoms with Gasteiger partial charge in [-0.1, -0.05) is 54.6 Å². The van der Waals surface area contributed by atoms with Crippen LogP contribution in [0, 0.1) is 0 Å². The fraction of sp³-hybridized carbons (Fsp3) is 0.409. The highest BCUT2D eigenvalue weighted by Gasteiger charge is 2.39. The predicted octanol–water partition coefficient (Wildman–Crippen LogP) is 3.18. The van der Waals surface area contributed by atoms with E-state index >= 15 is 0 Å². The molecule has 1 heterocycles. The van der Waals surface area contributed by atoms with Gasteiger partial charge in [-0.25, -0.2) is 5.48 Å². The van der Waals surface area contributed by atoms with Crippen molar-refractivity contribution in [3.63, 3.8) is 0 Å². The van der Waals surface area contributed by atoms with Gasteiger partial charge in [-0.05, 0) is 62.4 Å². The maximum atomic E-state index is 12.0. The van der Waals surface area contributed by atoms with Crippen LogP contribution in [0.1, 0.15) is 38.2 Å². The Morgan fingerprint density at radius 3 is 2.11 bits per heavy atom. The molecule has 0 spiro atoms. The Hall–Kier alpha value is -2.21. The normalized spacial score (nSPS) is 17.5. The first-order valence-electron chi connectivity index (χ1n) is 9.46. The molecule has 1 atom stereocenters. The van der Waals surface area contributed by atoms with Crippen molar-refractivity contribution < 1.29 is 15.1 Å². The van der Waals surface area contributed by atoms with Crippen LogP contribution in [0.4, 0.5) is 0 Å². The number of nitrogens with one attached hydrogen (secondary N) is 1. The number of nitrogens with zero attached hydrogens (tertiary/aromatic N) is 1. The van der Waals surface area contributed by atoms with Crippen LogP contribution < -0.4 is 5.48 Å². The minimum Gasteiger partial charge on any atom is -0.388 e. The summed E-state index contributed by atoms with van der Waals surface area (Å²) in [6, 6.07) is 18.3. The Labute approximate surface area is 160 Å². The van der Waals surface area contributed by atoms with Gasteiger partial charge in [0.1, 0.15) is 6.04 Å². The lowest BCUT2D eigenvalue weighted by atomic mass is 9.86. The van der Waals surface area contributed by atoms with Gasteiger partial charge < -0.3 is 5.11 Å². The van der Waals surface area contributed by atoms with E-state index in [0.717, 1.165) is 12.8 Å². The fourth-order valence-corrected chi connectivity index (χ4v) is 4.06. The van der Waals surface area contributed by atoms with E-state index in [1.807, 2.05) is 23.1 Å². The van der Waals surface area contributed by atoms with Gasteiger partial charge in [0.15, 0.2) is 0 Å². The molecule has 1 amide bonds. The second kappa shape index (κ2) is 8.21. The number of hydrogen-bond acceptors (Lipinski definition) is 4. The zero-order valence-electron chi connectivity index (χ0n) is 15.9. The van der Waals surface area contributed by atoms with Gasteiger partial charge in [0.25, 0.3) is 5.91 Å². The lowest BCUT2D eigenvalue weighted by Crippen LogP contribution is -2.58. The Bertz CT molecular complexity index is 745. The van der Waals surface area contributed by atoms with Crippen LogP contribution in [-0.2, 0) is 4.79 Å². The summed E-state index contributed by atoms with van der Waals surface area (Å²) in [6.07, 6.45) is 1.83. The monoisotopic (exact) mass is 368 g/mol. The third-order valence-corrected chi connectivity index (χ3v) is 5.41. The maximum absolute atomic E-state index is 12.0. The molecule has 0 aliphatic carbocycles. The van der Waals surface area contributed by atoms with E-state index in [9.17, 15) is 9.90 Å². The smallest absolute Gasteiger partial charge is 0.263 e. The zero-order chi connectivity index (χ0) is 19.4. The highest BCUT2D eigenvalue weighted by Crippen LogP contribution is 2.32. The number of carbonyl (C=O) groups is 1. The van der Waals surface area contributed by atoms with Crippen LogP contribution in [0.5, 0.6) is 0 Å². The Balaban J connectivity index is 1.66. The van der Waals surface area contributed by atoms with Crippen molar-refractivity contribution in [3.8, 4) is 11.1 Å². The molecule has 3 rings (SSSR count). The minimum absolute atomic E-state index is 0.436. The summed E-state index contributed by atoms with van der Waals surface area (Å²) < 4.78 is 0. The number of piperidine rings is 1. The van der Waals surface area contributed by atoms with E-state index in [2.05, 4.69) is 36.4 Å². The highest BCUT2D eigenvalue weighted by molar-refractivity contribution is 5.82. The molecule has 0 radical (unpaired) electrons. The average molecular weight is 368 g/mol. The van der Waals surface area contributed by atoms with E-state index in [1.165, 1.54) is 16.7 Å². The molecule has 2 aromatic rings. The molecule has 1 aliphatic rings. The second-order valence-corrected chi connectivity index (χ2v) is 7.83. The summed E-state index contributed by atoms with van der Waals surface area (Å²) in [4.78, 5) is 14.0. The molecule has 1 saturated heterocycles. The summed E-state index contributed by atoms with van der Waals surface area (Å²) in [6.45, 7) is 4.60. The highest BCUT2D eigenvalue weighted by atomic mass is 16.5. The quantitative estimate of drug-likeness (QED) is 0.560. The molecule has 2 aromatic carbocycles. The third-order valence-electron chi connectivity index (χ3n) is 5.41. The summed E-state index contributed by atoms with van der Waals surface area (Å²) in [5.74, 6) is -0.126. The number of amides is 1. The molecule has 1 fully saturated rings. The fourth-order valence-electron chi connectivity index (χ4n) is 4.06. The van der Waals surface area contributed by atoms with Gasteiger partial charge in [0, 0.05) is 0 Å². The summed E-state index contributed by atoms with van der Waals surface area (Å²) in [7, 11) is 0. The maximum Gasteiger partial charge on any atom is 0.263 e. The van der Waals surface area contributed by atoms with E-state index in [4.69, 9.17) is 5.21 Å². The van der Waals surface area contributed by atoms with E-state index in [1.54, 1.807) is 19.3 Å². The molecule has 3 N–H and O–H groups in total. The largest absolute Gasteiger partial charge is 0.388 e. The van der Waals surface area contributed by atoms with Crippen LogP contribution in [0.25, 0.3) is 11.1 Å². The molecule has 0 aromatic heterocycles. The lowest BCUT2D eigenvalue weighted by Gasteiger charge is -2.41. The summed E-state index contributed by atoms with van der Waals surface area (Å²) >= 11 is 0. The second-order valence-electron chi connectivity index (χ2n) is 7.83. The van der Waals surface area contributed by atoms with Crippen LogP contribution in [0.15, 0.2) is 54.6 Å². The van der Waals surface area contributed by atoms with Crippen LogP contribution in [0.3, 0.4) is 0 Å². The summed E-state index contributed by atoms with van der Waals surface area (Å²) in [5.41, 5.74) is 4.19. The van der Waals surface area contributed by atoms with Crippen molar-refractivity contribution in [2.24, 2.45) is 0 Å². The molecule has 1 unspecified atom stereocenters. The Morgan fingerprint density at radius 2 is 1.59 bits per heavy atom. The van der Waals surface area contributed by atoms with Crippen LogP contribution in [-0.4, -0.2) is 45.9 Å². The summed E-state index contributed by atoms with van der Waals surface area (Å²) in [5, 5.41) is 19.4. The Morgan fingerprint density at radius 1 is 1.04 bits per heavy atom. The van der Waals surface area contributed by atoms with Crippen molar-refractivity contribution >= 4 is 5.91 Å². The number of aliphatic hydroxyl groups is 1. The molecule has 1 aliphatic heterocycles. The first kappa shape index (κ1) is 19.5. The van der Waals surface area contributed by atoms with Crippen LogP contribution in [0.2, 0.25) is 0 Å². The van der Waals surface area contributed by atoms with Gasteiger partial charge >= 0.3 is 0 Å². The molecular formula is C22H28N2O3. The van der Waals surface area contributed by atoms with Crippen LogP contribution >= 0.6 is 0 Å².